The van der Waals surface area contributed by atoms with Gasteiger partial charge < -0.3 is 26.0 Å². The van der Waals surface area contributed by atoms with E-state index in [1.165, 1.54) is 19.1 Å². The number of Topliss-reactive ketones (excluding diaryl/α,β-unsaturated/α-hetero) is 1. The van der Waals surface area contributed by atoms with Gasteiger partial charge in [0.1, 0.15) is 18.0 Å². The topological polar surface area (TPSA) is 143 Å². The Bertz CT molecular complexity index is 1120. The number of nitrogens with one attached hydrogen (secondary N) is 4. The van der Waals surface area contributed by atoms with Crippen molar-refractivity contribution < 1.29 is 33.1 Å². The van der Waals surface area contributed by atoms with Crippen molar-refractivity contribution in [1.82, 2.24) is 21.3 Å². The fourth-order valence-corrected chi connectivity index (χ4v) is 4.51. The summed E-state index contributed by atoms with van der Waals surface area (Å²) in [5.74, 6) is -3.81. The summed E-state index contributed by atoms with van der Waals surface area (Å²) in [5, 5.41) is 10.6. The van der Waals surface area contributed by atoms with Crippen molar-refractivity contribution >= 4 is 41.2 Å². The van der Waals surface area contributed by atoms with E-state index < -0.39 is 59.0 Å². The van der Waals surface area contributed by atoms with Gasteiger partial charge in [-0.25, -0.2) is 9.18 Å². The molecule has 1 saturated carbocycles. The maximum absolute atomic E-state index is 14.3. The minimum Gasteiger partial charge on any atom is -0.442 e. The fraction of sp³-hybridized carbons (Fsp3) is 0.593. The number of amides is 4. The number of ketones is 1. The molecule has 0 bridgehead atoms. The van der Waals surface area contributed by atoms with Gasteiger partial charge in [-0.2, -0.15) is 0 Å². The minimum absolute atomic E-state index is 0.0476. The Morgan fingerprint density at radius 1 is 1.13 bits per heavy atom. The number of alkyl carbamates (subject to hydrolysis) is 1. The zero-order chi connectivity index (χ0) is 28.9. The van der Waals surface area contributed by atoms with Crippen LogP contribution in [0, 0.1) is 17.2 Å². The summed E-state index contributed by atoms with van der Waals surface area (Å²) >= 11 is 5.79. The Morgan fingerprint density at radius 2 is 1.82 bits per heavy atom. The van der Waals surface area contributed by atoms with Gasteiger partial charge in [0.2, 0.25) is 17.6 Å². The molecule has 10 nitrogen and oxygen atoms in total. The maximum atomic E-state index is 14.3. The first-order chi connectivity index (χ1) is 18.2. The van der Waals surface area contributed by atoms with Crippen LogP contribution in [0.25, 0.3) is 0 Å². The Balaban J connectivity index is 1.72. The largest absolute Gasteiger partial charge is 0.442 e. The second kappa shape index (κ2) is 12.8. The third-order valence-electron chi connectivity index (χ3n) is 6.56. The van der Waals surface area contributed by atoms with E-state index in [4.69, 9.17) is 16.3 Å². The zero-order valence-electron chi connectivity index (χ0n) is 22.6. The molecule has 4 atom stereocenters. The third kappa shape index (κ3) is 9.19. The van der Waals surface area contributed by atoms with Gasteiger partial charge >= 0.3 is 6.09 Å². The monoisotopic (exact) mass is 566 g/mol. The van der Waals surface area contributed by atoms with Crippen LogP contribution in [0.5, 0.6) is 0 Å². The second-order valence-electron chi connectivity index (χ2n) is 11.4. The molecule has 3 rings (SSSR count). The standard InChI is InChI=1S/C27H36ClFN4O6/c1-14(18-8-5-16(28)12-19(18)29)39-26(38)33-21(13-27(2,3)4)24(36)32-20(11-15-9-10-30-23(15)35)22(34)25(37)31-17-6-7-17/h5,8,12,14-15,17,20-21H,6-7,9-11,13H2,1-4H3,(H,30,35)(H,31,37)(H,32,36)(H,33,38)/t14-,15-,20?,21-/m0/s1. The number of rotatable bonds is 11. The van der Waals surface area contributed by atoms with E-state index in [-0.39, 0.29) is 35.4 Å². The number of halogens is 2. The quantitative estimate of drug-likeness (QED) is 0.303. The van der Waals surface area contributed by atoms with Crippen LogP contribution in [0.1, 0.15) is 71.5 Å². The summed E-state index contributed by atoms with van der Waals surface area (Å²) in [6.45, 7) is 7.51. The van der Waals surface area contributed by atoms with Crippen LogP contribution in [0.2, 0.25) is 5.02 Å². The van der Waals surface area contributed by atoms with Gasteiger partial charge in [0, 0.05) is 29.1 Å². The van der Waals surface area contributed by atoms with Gasteiger partial charge in [-0.3, -0.25) is 19.2 Å². The molecule has 1 saturated heterocycles. The molecule has 1 aliphatic heterocycles. The lowest BCUT2D eigenvalue weighted by Gasteiger charge is -2.28. The molecule has 1 aromatic carbocycles. The Morgan fingerprint density at radius 3 is 2.38 bits per heavy atom. The predicted molar refractivity (Wildman–Crippen MR) is 141 cm³/mol. The van der Waals surface area contributed by atoms with Crippen LogP contribution >= 0.6 is 11.6 Å². The first-order valence-electron chi connectivity index (χ1n) is 13.1. The van der Waals surface area contributed by atoms with Crippen LogP contribution < -0.4 is 21.3 Å². The fourth-order valence-electron chi connectivity index (χ4n) is 4.35. The maximum Gasteiger partial charge on any atom is 0.408 e. The normalized spacial score (nSPS) is 19.3. The zero-order valence-corrected chi connectivity index (χ0v) is 23.3. The number of ether oxygens (including phenoxy) is 1. The van der Waals surface area contributed by atoms with Crippen LogP contribution in [0.4, 0.5) is 9.18 Å². The second-order valence-corrected chi connectivity index (χ2v) is 11.8. The molecular formula is C27H36ClFN4O6. The predicted octanol–water partition coefficient (Wildman–Crippen LogP) is 2.93. The van der Waals surface area contributed by atoms with Crippen molar-refractivity contribution in [2.75, 3.05) is 6.54 Å². The first-order valence-corrected chi connectivity index (χ1v) is 13.5. The van der Waals surface area contributed by atoms with E-state index in [1.807, 2.05) is 20.8 Å². The van der Waals surface area contributed by atoms with Gasteiger partial charge in [0.15, 0.2) is 0 Å². The first kappa shape index (κ1) is 30.3. The van der Waals surface area contributed by atoms with Gasteiger partial charge in [-0.05, 0) is 56.6 Å². The molecule has 2 fully saturated rings. The van der Waals surface area contributed by atoms with E-state index in [0.29, 0.717) is 13.0 Å². The molecule has 0 radical (unpaired) electrons. The summed E-state index contributed by atoms with van der Waals surface area (Å²) in [7, 11) is 0. The average Bonchev–Trinajstić information content (AvgIpc) is 3.55. The van der Waals surface area contributed by atoms with Gasteiger partial charge in [0.25, 0.3) is 5.91 Å². The van der Waals surface area contributed by atoms with E-state index in [9.17, 15) is 28.4 Å². The Kier molecular flexibility index (Phi) is 9.93. The molecule has 39 heavy (non-hydrogen) atoms. The highest BCUT2D eigenvalue weighted by Crippen LogP contribution is 2.25. The molecule has 1 aromatic rings. The van der Waals surface area contributed by atoms with Crippen LogP contribution in [0.3, 0.4) is 0 Å². The van der Waals surface area contributed by atoms with E-state index >= 15 is 0 Å². The van der Waals surface area contributed by atoms with Crippen molar-refractivity contribution in [3.8, 4) is 0 Å². The molecule has 214 valence electrons. The van der Waals surface area contributed by atoms with Gasteiger partial charge in [-0.1, -0.05) is 38.4 Å². The van der Waals surface area contributed by atoms with Crippen LogP contribution in [-0.4, -0.2) is 54.3 Å². The lowest BCUT2D eigenvalue weighted by Crippen LogP contribution is -2.55. The highest BCUT2D eigenvalue weighted by molar-refractivity contribution is 6.38. The minimum atomic E-state index is -1.26. The molecule has 12 heteroatoms. The molecule has 4 amide bonds. The van der Waals surface area contributed by atoms with Gasteiger partial charge in [-0.15, -0.1) is 0 Å². The van der Waals surface area contributed by atoms with E-state index in [1.54, 1.807) is 0 Å². The van der Waals surface area contributed by atoms with Crippen molar-refractivity contribution in [3.63, 3.8) is 0 Å². The summed E-state index contributed by atoms with van der Waals surface area (Å²) in [4.78, 5) is 63.8. The number of hydrogen-bond donors (Lipinski definition) is 4. The van der Waals surface area contributed by atoms with Gasteiger partial charge in [0.05, 0.1) is 6.04 Å². The van der Waals surface area contributed by atoms with Crippen molar-refractivity contribution in [2.45, 2.75) is 84.0 Å². The molecule has 1 heterocycles. The molecule has 1 unspecified atom stereocenters. The molecule has 0 spiro atoms. The summed E-state index contributed by atoms with van der Waals surface area (Å²) in [6.07, 6.45) is 0.189. The smallest absolute Gasteiger partial charge is 0.408 e. The van der Waals surface area contributed by atoms with Crippen molar-refractivity contribution in [3.05, 3.63) is 34.6 Å². The van der Waals surface area contributed by atoms with Crippen LogP contribution in [0.15, 0.2) is 18.2 Å². The molecule has 4 N–H and O–H groups in total. The molecule has 1 aliphatic carbocycles. The van der Waals surface area contributed by atoms with Crippen molar-refractivity contribution in [1.29, 1.82) is 0 Å². The summed E-state index contributed by atoms with van der Waals surface area (Å²) < 4.78 is 19.6. The van der Waals surface area contributed by atoms with E-state index in [0.717, 1.165) is 18.9 Å². The lowest BCUT2D eigenvalue weighted by molar-refractivity contribution is -0.141. The Hall–Kier alpha value is -3.21. The SMILES string of the molecule is C[C@H](OC(=O)N[C@@H](CC(C)(C)C)C(=O)NC(C[C@@H]1CCNC1=O)C(=O)C(=O)NC1CC1)c1ccc(Cl)cc1F. The number of benzene rings is 1. The molecular weight excluding hydrogens is 531 g/mol. The average molecular weight is 567 g/mol. The van der Waals surface area contributed by atoms with E-state index in [2.05, 4.69) is 21.3 Å². The summed E-state index contributed by atoms with van der Waals surface area (Å²) in [6, 6.07) is 1.51. The Labute approximate surface area is 232 Å². The molecule has 0 aromatic heterocycles. The lowest BCUT2D eigenvalue weighted by atomic mass is 9.87. The van der Waals surface area contributed by atoms with Crippen molar-refractivity contribution in [2.24, 2.45) is 11.3 Å². The number of carbonyl (C=O) groups excluding carboxylic acids is 5. The number of carbonyl (C=O) groups is 5. The highest BCUT2D eigenvalue weighted by atomic mass is 35.5. The van der Waals surface area contributed by atoms with Crippen LogP contribution in [-0.2, 0) is 23.9 Å². The number of hydrogen-bond acceptors (Lipinski definition) is 6. The molecule has 2 aliphatic rings. The third-order valence-corrected chi connectivity index (χ3v) is 6.80. The summed E-state index contributed by atoms with van der Waals surface area (Å²) in [5.41, 5.74) is -0.328. The highest BCUT2D eigenvalue weighted by Gasteiger charge is 2.38.